The number of nitrogens with zero attached hydrogens (tertiary/aromatic N) is 9. The van der Waals surface area contributed by atoms with Crippen LogP contribution in [0.2, 0.25) is 0 Å². The highest BCUT2D eigenvalue weighted by molar-refractivity contribution is 5.98. The van der Waals surface area contributed by atoms with Crippen LogP contribution in [0.5, 0.6) is 0 Å². The summed E-state index contributed by atoms with van der Waals surface area (Å²) in [5.41, 5.74) is 15.2. The maximum atomic E-state index is 12.8. The van der Waals surface area contributed by atoms with E-state index in [1.54, 1.807) is 0 Å². The quantitative estimate of drug-likeness (QED) is 0.0897. The number of benzene rings is 6. The SMILES string of the molecule is CC(C)(C)c1cc(N=Nc2cccc3c2C2(CCN(C(C)(C)C)CC2)OC3=O)cc(C(C)(C)C)c1.CC(C)(C)c1cc(N=Nc2cccc3c2C2(CCN(C(C)(C)C)CC2)OC3=O)cc(C(C)(C)C)c1.CC(C)(C)c1cc(N=Nc2cccc3c2C2(CCN(C(C)(C)C)CC2)OC3=O)cc(C(C)(C)C)c1. The van der Waals surface area contributed by atoms with Crippen LogP contribution in [0.1, 0.15) is 307 Å². The number of fused-ring (bicyclic) bond motifs is 6. The first-order chi connectivity index (χ1) is 48.3. The molecule has 6 aromatic rings. The van der Waals surface area contributed by atoms with Crippen molar-refractivity contribution in [1.29, 1.82) is 0 Å². The maximum absolute atomic E-state index is 12.8. The van der Waals surface area contributed by atoms with Crippen molar-refractivity contribution in [3.63, 3.8) is 0 Å². The van der Waals surface area contributed by atoms with E-state index in [-0.39, 0.29) is 67.0 Å². The molecule has 3 fully saturated rings. The summed E-state index contributed by atoms with van der Waals surface area (Å²) in [5.74, 6) is -0.733. The van der Waals surface area contributed by atoms with Gasteiger partial charge < -0.3 is 14.2 Å². The molecule has 6 heterocycles. The van der Waals surface area contributed by atoms with E-state index in [9.17, 15) is 14.4 Å². The summed E-state index contributed by atoms with van der Waals surface area (Å²) < 4.78 is 18.2. The Bertz CT molecular complexity index is 3800. The van der Waals surface area contributed by atoms with Crippen LogP contribution in [-0.4, -0.2) is 88.5 Å². The van der Waals surface area contributed by atoms with Crippen molar-refractivity contribution in [2.45, 2.75) is 291 Å². The summed E-state index contributed by atoms with van der Waals surface area (Å²) >= 11 is 0. The van der Waals surface area contributed by atoms with E-state index in [1.807, 2.05) is 54.6 Å². The van der Waals surface area contributed by atoms with Crippen LogP contribution in [0.3, 0.4) is 0 Å². The van der Waals surface area contributed by atoms with Crippen LogP contribution in [-0.2, 0) is 63.5 Å². The van der Waals surface area contributed by atoms with E-state index in [0.717, 1.165) is 129 Å². The Hall–Kier alpha value is -7.59. The number of hydrogen-bond acceptors (Lipinski definition) is 15. The molecule has 0 aromatic heterocycles. The van der Waals surface area contributed by atoms with Gasteiger partial charge >= 0.3 is 17.9 Å². The minimum absolute atomic E-state index is 0.00483. The van der Waals surface area contributed by atoms with E-state index < -0.39 is 16.8 Å². The summed E-state index contributed by atoms with van der Waals surface area (Å²) in [5, 5.41) is 28.3. The van der Waals surface area contributed by atoms with Crippen LogP contribution >= 0.6 is 0 Å². The minimum atomic E-state index is -0.617. The van der Waals surface area contributed by atoms with E-state index in [1.165, 1.54) is 33.4 Å². The fourth-order valence-electron chi connectivity index (χ4n) is 15.3. The van der Waals surface area contributed by atoms with Crippen molar-refractivity contribution in [2.75, 3.05) is 39.3 Å². The van der Waals surface area contributed by atoms with E-state index >= 15 is 0 Å². The molecule has 0 amide bonds. The number of azo groups is 3. The third-order valence-corrected chi connectivity index (χ3v) is 22.3. The molecule has 564 valence electrons. The van der Waals surface area contributed by atoms with Gasteiger partial charge in [-0.3, -0.25) is 14.7 Å². The number of hydrogen-bond donors (Lipinski definition) is 0. The number of piperidine rings is 3. The van der Waals surface area contributed by atoms with Gasteiger partial charge in [-0.25, -0.2) is 14.4 Å². The summed E-state index contributed by atoms with van der Waals surface area (Å²) in [4.78, 5) is 45.9. The number of carbonyl (C=O) groups excluding carboxylic acids is 3. The number of likely N-dealkylation sites (tertiary alicyclic amines) is 3. The van der Waals surface area contributed by atoms with Gasteiger partial charge in [0.05, 0.1) is 50.8 Å². The lowest BCUT2D eigenvalue weighted by molar-refractivity contribution is -0.0568. The molecule has 0 aliphatic carbocycles. The lowest BCUT2D eigenvalue weighted by Crippen LogP contribution is -2.50. The van der Waals surface area contributed by atoms with Gasteiger partial charge in [0, 0.05) is 111 Å². The van der Waals surface area contributed by atoms with Gasteiger partial charge in [0.2, 0.25) is 0 Å². The zero-order valence-electron chi connectivity index (χ0n) is 68.9. The third-order valence-electron chi connectivity index (χ3n) is 22.3. The van der Waals surface area contributed by atoms with Crippen molar-refractivity contribution in [1.82, 2.24) is 14.7 Å². The second kappa shape index (κ2) is 28.5. The first-order valence-electron chi connectivity index (χ1n) is 38.4. The monoisotopic (exact) mass is 1430 g/mol. The smallest absolute Gasteiger partial charge is 0.339 e. The van der Waals surface area contributed by atoms with Gasteiger partial charge in [-0.05, 0) is 201 Å². The largest absolute Gasteiger partial charge is 0.450 e. The van der Waals surface area contributed by atoms with E-state index in [0.29, 0.717) is 16.7 Å². The molecular weight excluding hydrogens is 1300 g/mol. The molecule has 15 heteroatoms. The summed E-state index contributed by atoms with van der Waals surface area (Å²) in [6, 6.07) is 36.7. The normalized spacial score (nSPS) is 18.8. The molecule has 105 heavy (non-hydrogen) atoms. The second-order valence-corrected chi connectivity index (χ2v) is 39.6. The maximum Gasteiger partial charge on any atom is 0.339 e. The van der Waals surface area contributed by atoms with Gasteiger partial charge in [-0.2, -0.15) is 30.7 Å². The van der Waals surface area contributed by atoms with Crippen molar-refractivity contribution in [3.05, 3.63) is 176 Å². The average Bonchev–Trinajstić information content (AvgIpc) is 1.60. The number of esters is 3. The number of carbonyl (C=O) groups is 3. The van der Waals surface area contributed by atoms with Gasteiger partial charge in [0.1, 0.15) is 16.8 Å². The summed E-state index contributed by atoms with van der Waals surface area (Å²) in [7, 11) is 0. The topological polar surface area (TPSA) is 163 Å². The second-order valence-electron chi connectivity index (χ2n) is 39.6. The number of ether oxygens (including phenoxy) is 3. The Morgan fingerprint density at radius 3 is 0.638 bits per heavy atom. The minimum Gasteiger partial charge on any atom is -0.450 e. The van der Waals surface area contributed by atoms with E-state index in [4.69, 9.17) is 44.9 Å². The van der Waals surface area contributed by atoms with Crippen LogP contribution in [0.15, 0.2) is 140 Å². The van der Waals surface area contributed by atoms with Crippen LogP contribution in [0.25, 0.3) is 0 Å². The van der Waals surface area contributed by atoms with Crippen LogP contribution < -0.4 is 0 Å². The van der Waals surface area contributed by atoms with Crippen LogP contribution in [0.4, 0.5) is 34.1 Å². The first-order valence-corrected chi connectivity index (χ1v) is 38.4. The number of rotatable bonds is 6. The van der Waals surface area contributed by atoms with Crippen LogP contribution in [0, 0.1) is 0 Å². The highest BCUT2D eigenvalue weighted by Crippen LogP contribution is 2.53. The first kappa shape index (κ1) is 80.0. The molecule has 6 aromatic carbocycles. The Labute approximate surface area is 629 Å². The molecule has 0 atom stereocenters. The fourth-order valence-corrected chi connectivity index (χ4v) is 15.3. The molecule has 0 N–H and O–H groups in total. The standard InChI is InChI=1S/3C30H41N3O2/c3*1-27(2,3)20-17-21(28(4,5)6)19-22(18-20)31-32-24-12-10-11-23-25(24)30(35-26(23)34)13-15-33(16-14-30)29(7,8)9/h3*10-12,17-19H,13-16H2,1-9H3. The van der Waals surface area contributed by atoms with Gasteiger partial charge in [0.15, 0.2) is 0 Å². The lowest BCUT2D eigenvalue weighted by Gasteiger charge is -2.44. The molecule has 0 saturated carbocycles. The molecule has 0 bridgehead atoms. The molecule has 15 nitrogen and oxygen atoms in total. The van der Waals surface area contributed by atoms with Crippen molar-refractivity contribution < 1.29 is 28.6 Å². The zero-order chi connectivity index (χ0) is 77.4. The third kappa shape index (κ3) is 17.7. The molecule has 0 radical (unpaired) electrons. The molecule has 6 aliphatic heterocycles. The highest BCUT2D eigenvalue weighted by atomic mass is 16.6. The molecular formula is C90H123N9O6. The zero-order valence-corrected chi connectivity index (χ0v) is 68.9. The average molecular weight is 1430 g/mol. The van der Waals surface area contributed by atoms with Gasteiger partial charge in [-0.1, -0.05) is 161 Å². The predicted octanol–water partition coefficient (Wildman–Crippen LogP) is 23.9. The Balaban J connectivity index is 0.000000169. The van der Waals surface area contributed by atoms with Gasteiger partial charge in [-0.15, -0.1) is 0 Å². The molecule has 0 unspecified atom stereocenters. The van der Waals surface area contributed by atoms with Crippen molar-refractivity contribution >= 4 is 52.0 Å². The Morgan fingerprint density at radius 2 is 0.467 bits per heavy atom. The molecule has 6 aliphatic rings. The molecule has 3 saturated heterocycles. The fraction of sp³-hybridized carbons (Fsp3) is 0.567. The Morgan fingerprint density at radius 1 is 0.276 bits per heavy atom. The Kier molecular flexibility index (Phi) is 21.7. The predicted molar refractivity (Wildman–Crippen MR) is 426 cm³/mol. The lowest BCUT2D eigenvalue weighted by atomic mass is 9.80. The van der Waals surface area contributed by atoms with Crippen molar-refractivity contribution in [2.24, 2.45) is 30.7 Å². The summed E-state index contributed by atoms with van der Waals surface area (Å²) in [6.45, 7) is 65.3. The van der Waals surface area contributed by atoms with Crippen molar-refractivity contribution in [3.8, 4) is 0 Å². The molecule has 3 spiro atoms. The van der Waals surface area contributed by atoms with Gasteiger partial charge in [0.25, 0.3) is 0 Å². The highest BCUT2D eigenvalue weighted by Gasteiger charge is 2.53. The molecule has 12 rings (SSSR count). The summed E-state index contributed by atoms with van der Waals surface area (Å²) in [6.07, 6.45) is 4.60. The van der Waals surface area contributed by atoms with E-state index in [2.05, 4.69) is 256 Å².